The fourth-order valence-corrected chi connectivity index (χ4v) is 2.75. The van der Waals surface area contributed by atoms with E-state index in [1.54, 1.807) is 17.0 Å². The Labute approximate surface area is 157 Å². The zero-order chi connectivity index (χ0) is 20.3. The van der Waals surface area contributed by atoms with Crippen LogP contribution in [0, 0.1) is 17.5 Å². The molecule has 0 saturated carbocycles. The highest BCUT2D eigenvalue weighted by Crippen LogP contribution is 2.23. The molecule has 0 radical (unpaired) electrons. The predicted octanol–water partition coefficient (Wildman–Crippen LogP) is 3.03. The predicted molar refractivity (Wildman–Crippen MR) is 93.3 cm³/mol. The average molecular weight is 392 g/mol. The maximum absolute atomic E-state index is 13.5. The first-order valence-electron chi connectivity index (χ1n) is 8.37. The number of anilines is 2. The second kappa shape index (κ2) is 8.12. The van der Waals surface area contributed by atoms with Gasteiger partial charge in [-0.2, -0.15) is 0 Å². The third kappa shape index (κ3) is 4.13. The number of ether oxygens (including phenoxy) is 1. The maximum atomic E-state index is 13.5. The van der Waals surface area contributed by atoms with Crippen molar-refractivity contribution in [3.05, 3.63) is 59.4 Å². The molecule has 2 aromatic rings. The molecule has 0 aromatic heterocycles. The smallest absolute Gasteiger partial charge is 0.338 e. The quantitative estimate of drug-likeness (QED) is 0.627. The Morgan fingerprint density at radius 1 is 1.11 bits per heavy atom. The van der Waals surface area contributed by atoms with Gasteiger partial charge in [0, 0.05) is 18.7 Å². The summed E-state index contributed by atoms with van der Waals surface area (Å²) in [7, 11) is 0. The fourth-order valence-electron chi connectivity index (χ4n) is 2.75. The molecule has 6 nitrogen and oxygen atoms in total. The minimum atomic E-state index is -1.72. The number of nitrogens with one attached hydrogen (secondary N) is 1. The molecular formula is C19H15F3N2O4. The van der Waals surface area contributed by atoms with E-state index in [0.29, 0.717) is 24.7 Å². The average Bonchev–Trinajstić information content (AvgIpc) is 3.12. The molecule has 1 saturated heterocycles. The third-order valence-corrected chi connectivity index (χ3v) is 4.11. The summed E-state index contributed by atoms with van der Waals surface area (Å²) in [4.78, 5) is 37.3. The van der Waals surface area contributed by atoms with Crippen LogP contribution in [0.25, 0.3) is 0 Å². The molecule has 9 heteroatoms. The van der Waals surface area contributed by atoms with E-state index in [-0.39, 0.29) is 11.5 Å². The molecule has 1 heterocycles. The van der Waals surface area contributed by atoms with E-state index in [4.69, 9.17) is 4.74 Å². The van der Waals surface area contributed by atoms with Gasteiger partial charge in [-0.25, -0.2) is 18.0 Å². The van der Waals surface area contributed by atoms with Gasteiger partial charge in [-0.3, -0.25) is 9.59 Å². The van der Waals surface area contributed by atoms with Crippen LogP contribution in [-0.4, -0.2) is 30.9 Å². The molecule has 0 bridgehead atoms. The second-order valence-electron chi connectivity index (χ2n) is 6.05. The number of nitrogens with zero attached hydrogens (tertiary/aromatic N) is 1. The van der Waals surface area contributed by atoms with Gasteiger partial charge in [0.15, 0.2) is 24.1 Å². The molecule has 0 unspecified atom stereocenters. The van der Waals surface area contributed by atoms with Gasteiger partial charge in [-0.05, 0) is 36.8 Å². The van der Waals surface area contributed by atoms with E-state index < -0.39 is 41.6 Å². The first-order chi connectivity index (χ1) is 13.4. The van der Waals surface area contributed by atoms with E-state index >= 15 is 0 Å². The third-order valence-electron chi connectivity index (χ3n) is 4.11. The standard InChI is InChI=1S/C19H15F3N2O4/c20-13-6-7-14(18(22)17(13)21)23-15(25)10-28-19(27)11-3-1-4-12(9-11)24-8-2-5-16(24)26/h1,3-4,6-7,9H,2,5,8,10H2,(H,23,25). The maximum Gasteiger partial charge on any atom is 0.338 e. The molecule has 0 spiro atoms. The Morgan fingerprint density at radius 2 is 1.89 bits per heavy atom. The summed E-state index contributed by atoms with van der Waals surface area (Å²) in [6.45, 7) is -0.205. The number of rotatable bonds is 5. The van der Waals surface area contributed by atoms with Crippen LogP contribution in [0.3, 0.4) is 0 Å². The van der Waals surface area contributed by atoms with Gasteiger partial charge in [0.1, 0.15) is 0 Å². The zero-order valence-corrected chi connectivity index (χ0v) is 14.5. The number of halogens is 3. The normalized spacial score (nSPS) is 13.5. The van der Waals surface area contributed by atoms with Crippen LogP contribution in [0.15, 0.2) is 36.4 Å². The number of esters is 1. The summed E-state index contributed by atoms with van der Waals surface area (Å²) in [5, 5.41) is 2.00. The minimum Gasteiger partial charge on any atom is -0.452 e. The molecule has 28 heavy (non-hydrogen) atoms. The number of hydrogen-bond donors (Lipinski definition) is 1. The number of hydrogen-bond acceptors (Lipinski definition) is 4. The summed E-state index contributed by atoms with van der Waals surface area (Å²) >= 11 is 0. The molecule has 2 amide bonds. The Bertz CT molecular complexity index is 949. The highest BCUT2D eigenvalue weighted by molar-refractivity contribution is 5.98. The van der Waals surface area contributed by atoms with Crippen LogP contribution in [-0.2, 0) is 14.3 Å². The number of amides is 2. The molecule has 1 fully saturated rings. The Kier molecular flexibility index (Phi) is 5.62. The van der Waals surface area contributed by atoms with Crippen molar-refractivity contribution >= 4 is 29.2 Å². The molecule has 1 aliphatic rings. The van der Waals surface area contributed by atoms with Gasteiger partial charge in [0.05, 0.1) is 11.3 Å². The van der Waals surface area contributed by atoms with Crippen molar-refractivity contribution in [2.75, 3.05) is 23.4 Å². The van der Waals surface area contributed by atoms with Crippen molar-refractivity contribution in [3.63, 3.8) is 0 Å². The lowest BCUT2D eigenvalue weighted by Crippen LogP contribution is -2.24. The van der Waals surface area contributed by atoms with Crippen LogP contribution in [0.1, 0.15) is 23.2 Å². The number of carbonyl (C=O) groups is 3. The van der Waals surface area contributed by atoms with Crippen LogP contribution < -0.4 is 10.2 Å². The van der Waals surface area contributed by atoms with E-state index in [0.717, 1.165) is 12.5 Å². The van der Waals surface area contributed by atoms with E-state index in [2.05, 4.69) is 0 Å². The lowest BCUT2D eigenvalue weighted by atomic mass is 10.2. The van der Waals surface area contributed by atoms with Crippen molar-refractivity contribution in [1.82, 2.24) is 0 Å². The van der Waals surface area contributed by atoms with Gasteiger partial charge in [-0.15, -0.1) is 0 Å². The van der Waals surface area contributed by atoms with Crippen LogP contribution in [0.5, 0.6) is 0 Å². The summed E-state index contributed by atoms with van der Waals surface area (Å²) in [5.74, 6) is -6.46. The molecule has 0 aliphatic carbocycles. The largest absolute Gasteiger partial charge is 0.452 e. The summed E-state index contributed by atoms with van der Waals surface area (Å²) in [6, 6.07) is 7.69. The van der Waals surface area contributed by atoms with E-state index in [1.165, 1.54) is 12.1 Å². The van der Waals surface area contributed by atoms with E-state index in [9.17, 15) is 27.6 Å². The highest BCUT2D eigenvalue weighted by Gasteiger charge is 2.23. The Morgan fingerprint density at radius 3 is 2.61 bits per heavy atom. The molecule has 2 aromatic carbocycles. The fraction of sp³-hybridized carbons (Fsp3) is 0.211. The van der Waals surface area contributed by atoms with Crippen molar-refractivity contribution < 1.29 is 32.3 Å². The van der Waals surface area contributed by atoms with Crippen LogP contribution in [0.2, 0.25) is 0 Å². The Hall–Kier alpha value is -3.36. The van der Waals surface area contributed by atoms with E-state index in [1.807, 2.05) is 5.32 Å². The van der Waals surface area contributed by atoms with Gasteiger partial charge in [0.2, 0.25) is 5.91 Å². The van der Waals surface area contributed by atoms with Crippen molar-refractivity contribution in [3.8, 4) is 0 Å². The van der Waals surface area contributed by atoms with Crippen molar-refractivity contribution in [2.45, 2.75) is 12.8 Å². The first kappa shape index (κ1) is 19.4. The summed E-state index contributed by atoms with van der Waals surface area (Å²) < 4.78 is 44.4. The monoisotopic (exact) mass is 392 g/mol. The highest BCUT2D eigenvalue weighted by atomic mass is 19.2. The number of carbonyl (C=O) groups excluding carboxylic acids is 3. The molecule has 1 aliphatic heterocycles. The van der Waals surface area contributed by atoms with Gasteiger partial charge >= 0.3 is 5.97 Å². The Balaban J connectivity index is 1.60. The lowest BCUT2D eigenvalue weighted by Gasteiger charge is -2.16. The molecule has 3 rings (SSSR count). The zero-order valence-electron chi connectivity index (χ0n) is 14.5. The van der Waals surface area contributed by atoms with Crippen molar-refractivity contribution in [1.29, 1.82) is 0 Å². The second-order valence-corrected chi connectivity index (χ2v) is 6.05. The summed E-state index contributed by atoms with van der Waals surface area (Å²) in [5.41, 5.74) is 0.101. The molecule has 146 valence electrons. The van der Waals surface area contributed by atoms with Crippen LogP contribution >= 0.6 is 0 Å². The topological polar surface area (TPSA) is 75.7 Å². The van der Waals surface area contributed by atoms with Gasteiger partial charge < -0.3 is 15.0 Å². The number of benzene rings is 2. The van der Waals surface area contributed by atoms with Crippen LogP contribution in [0.4, 0.5) is 24.5 Å². The van der Waals surface area contributed by atoms with Gasteiger partial charge in [-0.1, -0.05) is 6.07 Å². The summed E-state index contributed by atoms with van der Waals surface area (Å²) in [6.07, 6.45) is 1.17. The molecular weight excluding hydrogens is 377 g/mol. The molecule has 1 N–H and O–H groups in total. The SMILES string of the molecule is O=C(COC(=O)c1cccc(N2CCCC2=O)c1)Nc1ccc(F)c(F)c1F. The first-order valence-corrected chi connectivity index (χ1v) is 8.37. The van der Waals surface area contributed by atoms with Gasteiger partial charge in [0.25, 0.3) is 5.91 Å². The van der Waals surface area contributed by atoms with Crippen molar-refractivity contribution in [2.24, 2.45) is 0 Å². The minimum absolute atomic E-state index is 0.0431. The molecule has 0 atom stereocenters. The lowest BCUT2D eigenvalue weighted by molar-refractivity contribution is -0.119.